The predicted octanol–water partition coefficient (Wildman–Crippen LogP) is 3.64. The second-order valence-corrected chi connectivity index (χ2v) is 5.11. The van der Waals surface area contributed by atoms with Crippen LogP contribution in [0.1, 0.15) is 25.5 Å². The fraction of sp³-hybridized carbons (Fsp3) is 0.429. The second-order valence-electron chi connectivity index (χ2n) is 4.67. The Morgan fingerprint density at radius 2 is 2.12 bits per heavy atom. The predicted molar refractivity (Wildman–Crippen MR) is 75.0 cm³/mol. The zero-order valence-electron chi connectivity index (χ0n) is 10.6. The number of aromatic nitrogens is 1. The summed E-state index contributed by atoms with van der Waals surface area (Å²) in [5.74, 6) is 0. The summed E-state index contributed by atoms with van der Waals surface area (Å²) in [6.07, 6.45) is 3.30. The molecule has 1 heterocycles. The van der Waals surface area contributed by atoms with Crippen LogP contribution in [-0.2, 0) is 6.42 Å². The summed E-state index contributed by atoms with van der Waals surface area (Å²) < 4.78 is 2.30. The summed E-state index contributed by atoms with van der Waals surface area (Å²) >= 11 is 6.08. The Labute approximate surface area is 108 Å². The number of halogens is 1. The van der Waals surface area contributed by atoms with Gasteiger partial charge in [-0.2, -0.15) is 0 Å². The molecule has 0 saturated carbocycles. The summed E-state index contributed by atoms with van der Waals surface area (Å²) in [6.45, 7) is 5.39. The quantitative estimate of drug-likeness (QED) is 0.877. The standard InChI is InChI=1S/C14H19ClN2/c1-10(2)17-9-11(6-7-16-3)13-5-4-12(15)8-14(13)17/h4-5,8-10,16H,6-7H2,1-3H3. The van der Waals surface area contributed by atoms with Crippen molar-refractivity contribution in [1.82, 2.24) is 9.88 Å². The number of nitrogens with one attached hydrogen (secondary N) is 1. The van der Waals surface area contributed by atoms with Crippen LogP contribution in [0.25, 0.3) is 10.9 Å². The number of likely N-dealkylation sites (N-methyl/N-ethyl adjacent to an activating group) is 1. The van der Waals surface area contributed by atoms with Crippen molar-refractivity contribution in [1.29, 1.82) is 0 Å². The molecule has 0 spiro atoms. The van der Waals surface area contributed by atoms with Crippen molar-refractivity contribution in [2.75, 3.05) is 13.6 Å². The van der Waals surface area contributed by atoms with E-state index in [9.17, 15) is 0 Å². The van der Waals surface area contributed by atoms with Gasteiger partial charge in [0.25, 0.3) is 0 Å². The first-order valence-corrected chi connectivity index (χ1v) is 6.45. The lowest BCUT2D eigenvalue weighted by Crippen LogP contribution is -2.10. The van der Waals surface area contributed by atoms with Crippen molar-refractivity contribution in [3.8, 4) is 0 Å². The van der Waals surface area contributed by atoms with Gasteiger partial charge in [0.15, 0.2) is 0 Å². The number of hydrogen-bond acceptors (Lipinski definition) is 1. The number of fused-ring (bicyclic) bond motifs is 1. The summed E-state index contributed by atoms with van der Waals surface area (Å²) in [7, 11) is 1.98. The molecule has 2 rings (SSSR count). The zero-order valence-corrected chi connectivity index (χ0v) is 11.4. The maximum atomic E-state index is 6.08. The number of benzene rings is 1. The van der Waals surface area contributed by atoms with E-state index in [2.05, 4.69) is 42.1 Å². The van der Waals surface area contributed by atoms with Crippen LogP contribution < -0.4 is 5.32 Å². The van der Waals surface area contributed by atoms with Gasteiger partial charge in [0.05, 0.1) is 5.52 Å². The smallest absolute Gasteiger partial charge is 0.0500 e. The fourth-order valence-corrected chi connectivity index (χ4v) is 2.35. The van der Waals surface area contributed by atoms with Crippen LogP contribution >= 0.6 is 11.6 Å². The van der Waals surface area contributed by atoms with Gasteiger partial charge in [0, 0.05) is 22.6 Å². The normalized spacial score (nSPS) is 11.6. The minimum atomic E-state index is 0.458. The molecule has 17 heavy (non-hydrogen) atoms. The van der Waals surface area contributed by atoms with E-state index in [1.54, 1.807) is 0 Å². The molecule has 0 aliphatic carbocycles. The molecule has 0 aliphatic rings. The maximum absolute atomic E-state index is 6.08. The van der Waals surface area contributed by atoms with E-state index in [0.29, 0.717) is 6.04 Å². The van der Waals surface area contributed by atoms with Gasteiger partial charge in [-0.3, -0.25) is 0 Å². The lowest BCUT2D eigenvalue weighted by molar-refractivity contribution is 0.620. The molecule has 0 radical (unpaired) electrons. The highest BCUT2D eigenvalue weighted by Gasteiger charge is 2.10. The SMILES string of the molecule is CNCCc1cn(C(C)C)c2cc(Cl)ccc12. The summed E-state index contributed by atoms with van der Waals surface area (Å²) in [5, 5.41) is 5.32. The van der Waals surface area contributed by atoms with Gasteiger partial charge in [-0.05, 0) is 51.6 Å². The van der Waals surface area contributed by atoms with Crippen molar-refractivity contribution in [3.63, 3.8) is 0 Å². The van der Waals surface area contributed by atoms with E-state index >= 15 is 0 Å². The molecule has 0 unspecified atom stereocenters. The highest BCUT2D eigenvalue weighted by Crippen LogP contribution is 2.27. The third kappa shape index (κ3) is 2.48. The van der Waals surface area contributed by atoms with Crippen LogP contribution in [0.2, 0.25) is 5.02 Å². The third-order valence-electron chi connectivity index (χ3n) is 3.08. The molecule has 0 amide bonds. The van der Waals surface area contributed by atoms with Gasteiger partial charge < -0.3 is 9.88 Å². The second kappa shape index (κ2) is 5.11. The first-order chi connectivity index (χ1) is 8.13. The molecule has 2 nitrogen and oxygen atoms in total. The number of hydrogen-bond donors (Lipinski definition) is 1. The van der Waals surface area contributed by atoms with Gasteiger partial charge in [-0.1, -0.05) is 17.7 Å². The van der Waals surface area contributed by atoms with Crippen LogP contribution in [0.5, 0.6) is 0 Å². The summed E-state index contributed by atoms with van der Waals surface area (Å²) in [6, 6.07) is 6.61. The van der Waals surface area contributed by atoms with E-state index in [1.165, 1.54) is 16.5 Å². The minimum Gasteiger partial charge on any atom is -0.345 e. The Hall–Kier alpha value is -0.990. The highest BCUT2D eigenvalue weighted by molar-refractivity contribution is 6.31. The molecule has 3 heteroatoms. The minimum absolute atomic E-state index is 0.458. The van der Waals surface area contributed by atoms with E-state index in [4.69, 9.17) is 11.6 Å². The fourth-order valence-electron chi connectivity index (χ4n) is 2.18. The van der Waals surface area contributed by atoms with E-state index in [0.717, 1.165) is 18.0 Å². The van der Waals surface area contributed by atoms with Crippen LogP contribution in [0.15, 0.2) is 24.4 Å². The summed E-state index contributed by atoms with van der Waals surface area (Å²) in [5.41, 5.74) is 2.62. The molecule has 0 saturated heterocycles. The van der Waals surface area contributed by atoms with Crippen molar-refractivity contribution in [2.24, 2.45) is 0 Å². The molecule has 92 valence electrons. The van der Waals surface area contributed by atoms with Crippen molar-refractivity contribution < 1.29 is 0 Å². The lowest BCUT2D eigenvalue weighted by atomic mass is 10.1. The molecule has 0 aliphatic heterocycles. The average Bonchev–Trinajstić information content (AvgIpc) is 2.64. The molecular formula is C14H19ClN2. The first-order valence-electron chi connectivity index (χ1n) is 6.07. The molecule has 1 N–H and O–H groups in total. The van der Waals surface area contributed by atoms with E-state index in [-0.39, 0.29) is 0 Å². The van der Waals surface area contributed by atoms with Crippen molar-refractivity contribution >= 4 is 22.5 Å². The Morgan fingerprint density at radius 3 is 2.76 bits per heavy atom. The molecule has 2 aromatic rings. The molecule has 0 bridgehead atoms. The van der Waals surface area contributed by atoms with Crippen LogP contribution in [0.4, 0.5) is 0 Å². The van der Waals surface area contributed by atoms with Gasteiger partial charge in [-0.25, -0.2) is 0 Å². The van der Waals surface area contributed by atoms with Gasteiger partial charge in [0.2, 0.25) is 0 Å². The molecule has 0 atom stereocenters. The number of rotatable bonds is 4. The lowest BCUT2D eigenvalue weighted by Gasteiger charge is -2.08. The topological polar surface area (TPSA) is 17.0 Å². The Balaban J connectivity index is 2.54. The van der Waals surface area contributed by atoms with E-state index < -0.39 is 0 Å². The largest absolute Gasteiger partial charge is 0.345 e. The van der Waals surface area contributed by atoms with Crippen molar-refractivity contribution in [3.05, 3.63) is 35.0 Å². The van der Waals surface area contributed by atoms with Crippen LogP contribution in [0.3, 0.4) is 0 Å². The molecule has 1 aromatic carbocycles. The first kappa shape index (κ1) is 12.5. The van der Waals surface area contributed by atoms with Crippen LogP contribution in [-0.4, -0.2) is 18.2 Å². The van der Waals surface area contributed by atoms with Crippen LogP contribution in [0, 0.1) is 0 Å². The monoisotopic (exact) mass is 250 g/mol. The van der Waals surface area contributed by atoms with E-state index in [1.807, 2.05) is 13.1 Å². The molecule has 0 fully saturated rings. The van der Waals surface area contributed by atoms with Crippen molar-refractivity contribution in [2.45, 2.75) is 26.3 Å². The molecular weight excluding hydrogens is 232 g/mol. The van der Waals surface area contributed by atoms with Gasteiger partial charge >= 0.3 is 0 Å². The Kier molecular flexibility index (Phi) is 3.75. The summed E-state index contributed by atoms with van der Waals surface area (Å²) in [4.78, 5) is 0. The van der Waals surface area contributed by atoms with Gasteiger partial charge in [-0.15, -0.1) is 0 Å². The Morgan fingerprint density at radius 1 is 1.35 bits per heavy atom. The number of nitrogens with zero attached hydrogens (tertiary/aromatic N) is 1. The molecule has 1 aromatic heterocycles. The highest BCUT2D eigenvalue weighted by atomic mass is 35.5. The maximum Gasteiger partial charge on any atom is 0.0500 e. The van der Waals surface area contributed by atoms with Gasteiger partial charge in [0.1, 0.15) is 0 Å². The average molecular weight is 251 g/mol. The third-order valence-corrected chi connectivity index (χ3v) is 3.31. The Bertz CT molecular complexity index is 514. The zero-order chi connectivity index (χ0) is 12.4.